The number of para-hydroxylation sites is 1. The summed E-state index contributed by atoms with van der Waals surface area (Å²) in [7, 11) is 0. The van der Waals surface area contributed by atoms with Gasteiger partial charge in [-0.25, -0.2) is 0 Å². The molecule has 0 bridgehead atoms. The Labute approximate surface area is 103 Å². The van der Waals surface area contributed by atoms with Crippen LogP contribution < -0.4 is 10.2 Å². The maximum atomic E-state index is 6.28. The summed E-state index contributed by atoms with van der Waals surface area (Å²) in [6.07, 6.45) is 1.16. The molecule has 0 radical (unpaired) electrons. The lowest BCUT2D eigenvalue weighted by Gasteiger charge is -2.39. The van der Waals surface area contributed by atoms with Gasteiger partial charge in [0.25, 0.3) is 0 Å². The van der Waals surface area contributed by atoms with Crippen molar-refractivity contribution in [2.75, 3.05) is 24.5 Å². The van der Waals surface area contributed by atoms with E-state index in [2.05, 4.69) is 36.2 Å². The SMILES string of the molecule is CC1(C)CNCCCN1c1ccccc1Cl. The summed E-state index contributed by atoms with van der Waals surface area (Å²) < 4.78 is 0. The Morgan fingerprint density at radius 2 is 2.06 bits per heavy atom. The number of nitrogens with one attached hydrogen (secondary N) is 1. The molecule has 0 aromatic heterocycles. The molecular weight excluding hydrogens is 220 g/mol. The lowest BCUT2D eigenvalue weighted by atomic mass is 10.0. The van der Waals surface area contributed by atoms with E-state index in [9.17, 15) is 0 Å². The number of hydrogen-bond donors (Lipinski definition) is 1. The van der Waals surface area contributed by atoms with Crippen molar-refractivity contribution >= 4 is 17.3 Å². The molecule has 1 aliphatic heterocycles. The Morgan fingerprint density at radius 3 is 2.81 bits per heavy atom. The third-order valence-corrected chi connectivity index (χ3v) is 3.49. The molecule has 2 nitrogen and oxygen atoms in total. The Balaban J connectivity index is 2.33. The average Bonchev–Trinajstić information content (AvgIpc) is 2.40. The summed E-state index contributed by atoms with van der Waals surface area (Å²) in [5.74, 6) is 0. The van der Waals surface area contributed by atoms with Crippen LogP contribution in [0, 0.1) is 0 Å². The van der Waals surface area contributed by atoms with E-state index in [1.54, 1.807) is 0 Å². The molecule has 1 saturated heterocycles. The highest BCUT2D eigenvalue weighted by Gasteiger charge is 2.29. The number of anilines is 1. The summed E-state index contributed by atoms with van der Waals surface area (Å²) in [6, 6.07) is 8.10. The minimum atomic E-state index is 0.113. The second-order valence-corrected chi connectivity index (χ2v) is 5.35. The Bertz CT molecular complexity index is 363. The van der Waals surface area contributed by atoms with Gasteiger partial charge in [-0.15, -0.1) is 0 Å². The monoisotopic (exact) mass is 238 g/mol. The molecule has 2 rings (SSSR count). The van der Waals surface area contributed by atoms with Gasteiger partial charge in [-0.2, -0.15) is 0 Å². The van der Waals surface area contributed by atoms with Gasteiger partial charge in [0.15, 0.2) is 0 Å². The van der Waals surface area contributed by atoms with E-state index in [-0.39, 0.29) is 5.54 Å². The number of nitrogens with zero attached hydrogens (tertiary/aromatic N) is 1. The van der Waals surface area contributed by atoms with Gasteiger partial charge in [-0.1, -0.05) is 23.7 Å². The van der Waals surface area contributed by atoms with Crippen LogP contribution in [0.3, 0.4) is 0 Å². The van der Waals surface area contributed by atoms with Gasteiger partial charge >= 0.3 is 0 Å². The molecule has 1 aromatic carbocycles. The Hall–Kier alpha value is -0.730. The minimum absolute atomic E-state index is 0.113. The summed E-state index contributed by atoms with van der Waals surface area (Å²) in [6.45, 7) is 7.66. The predicted octanol–water partition coefficient (Wildman–Crippen LogP) is 2.92. The van der Waals surface area contributed by atoms with E-state index in [1.165, 1.54) is 0 Å². The second-order valence-electron chi connectivity index (χ2n) is 4.95. The van der Waals surface area contributed by atoms with Crippen LogP contribution in [0.15, 0.2) is 24.3 Å². The zero-order chi connectivity index (χ0) is 11.6. The van der Waals surface area contributed by atoms with Gasteiger partial charge in [0.05, 0.1) is 10.7 Å². The highest BCUT2D eigenvalue weighted by atomic mass is 35.5. The molecule has 0 unspecified atom stereocenters. The summed E-state index contributed by atoms with van der Waals surface area (Å²) in [4.78, 5) is 2.41. The standard InChI is InChI=1S/C13H19ClN2/c1-13(2)10-15-8-5-9-16(13)12-7-4-3-6-11(12)14/h3-4,6-7,15H,5,8-10H2,1-2H3. The maximum Gasteiger partial charge on any atom is 0.0639 e. The van der Waals surface area contributed by atoms with Crippen LogP contribution in [0.4, 0.5) is 5.69 Å². The van der Waals surface area contributed by atoms with Gasteiger partial charge in [0.2, 0.25) is 0 Å². The summed E-state index contributed by atoms with van der Waals surface area (Å²) in [5, 5.41) is 4.32. The number of hydrogen-bond acceptors (Lipinski definition) is 2. The second kappa shape index (κ2) is 4.64. The summed E-state index contributed by atoms with van der Waals surface area (Å²) in [5.41, 5.74) is 1.26. The third-order valence-electron chi connectivity index (χ3n) is 3.17. The normalized spacial score (nSPS) is 20.6. The molecule has 88 valence electrons. The first kappa shape index (κ1) is 11.7. The topological polar surface area (TPSA) is 15.3 Å². The van der Waals surface area contributed by atoms with Crippen LogP contribution in [0.25, 0.3) is 0 Å². The van der Waals surface area contributed by atoms with Crippen molar-refractivity contribution in [3.8, 4) is 0 Å². The fraction of sp³-hybridized carbons (Fsp3) is 0.538. The molecule has 0 spiro atoms. The van der Waals surface area contributed by atoms with E-state index in [0.29, 0.717) is 0 Å². The Morgan fingerprint density at radius 1 is 1.31 bits per heavy atom. The lowest BCUT2D eigenvalue weighted by molar-refractivity contribution is 0.462. The highest BCUT2D eigenvalue weighted by Crippen LogP contribution is 2.31. The zero-order valence-electron chi connectivity index (χ0n) is 9.96. The molecule has 1 heterocycles. The van der Waals surface area contributed by atoms with Crippen molar-refractivity contribution in [2.24, 2.45) is 0 Å². The van der Waals surface area contributed by atoms with Crippen LogP contribution in [0.2, 0.25) is 5.02 Å². The van der Waals surface area contributed by atoms with Crippen molar-refractivity contribution in [1.82, 2.24) is 5.32 Å². The highest BCUT2D eigenvalue weighted by molar-refractivity contribution is 6.33. The van der Waals surface area contributed by atoms with Gasteiger partial charge in [0, 0.05) is 18.6 Å². The third kappa shape index (κ3) is 2.33. The fourth-order valence-electron chi connectivity index (χ4n) is 2.27. The molecule has 1 N–H and O–H groups in total. The van der Waals surface area contributed by atoms with E-state index < -0.39 is 0 Å². The maximum absolute atomic E-state index is 6.28. The van der Waals surface area contributed by atoms with Crippen LogP contribution in [0.1, 0.15) is 20.3 Å². The number of benzene rings is 1. The first-order valence-corrected chi connectivity index (χ1v) is 6.22. The molecule has 1 fully saturated rings. The quantitative estimate of drug-likeness (QED) is 0.810. The largest absolute Gasteiger partial charge is 0.364 e. The average molecular weight is 239 g/mol. The van der Waals surface area contributed by atoms with E-state index >= 15 is 0 Å². The van der Waals surface area contributed by atoms with E-state index in [0.717, 1.165) is 36.8 Å². The molecule has 0 amide bonds. The van der Waals surface area contributed by atoms with Crippen LogP contribution in [-0.4, -0.2) is 25.2 Å². The summed E-state index contributed by atoms with van der Waals surface area (Å²) >= 11 is 6.28. The molecule has 0 aliphatic carbocycles. The molecule has 1 aliphatic rings. The van der Waals surface area contributed by atoms with Gasteiger partial charge in [-0.3, -0.25) is 0 Å². The van der Waals surface area contributed by atoms with E-state index in [1.807, 2.05) is 12.1 Å². The molecule has 0 saturated carbocycles. The molecule has 16 heavy (non-hydrogen) atoms. The zero-order valence-corrected chi connectivity index (χ0v) is 10.7. The first-order valence-electron chi connectivity index (χ1n) is 5.84. The van der Waals surface area contributed by atoms with Crippen LogP contribution in [-0.2, 0) is 0 Å². The molecule has 1 aromatic rings. The van der Waals surface area contributed by atoms with Gasteiger partial charge < -0.3 is 10.2 Å². The van der Waals surface area contributed by atoms with Crippen molar-refractivity contribution in [2.45, 2.75) is 25.8 Å². The van der Waals surface area contributed by atoms with Crippen LogP contribution >= 0.6 is 11.6 Å². The predicted molar refractivity (Wildman–Crippen MR) is 70.4 cm³/mol. The van der Waals surface area contributed by atoms with Gasteiger partial charge in [0.1, 0.15) is 0 Å². The van der Waals surface area contributed by atoms with E-state index in [4.69, 9.17) is 11.6 Å². The fourth-order valence-corrected chi connectivity index (χ4v) is 2.51. The number of halogens is 1. The molecule has 3 heteroatoms. The van der Waals surface area contributed by atoms with Crippen molar-refractivity contribution in [3.05, 3.63) is 29.3 Å². The van der Waals surface area contributed by atoms with Crippen molar-refractivity contribution in [1.29, 1.82) is 0 Å². The van der Waals surface area contributed by atoms with Gasteiger partial charge in [-0.05, 0) is 38.9 Å². The lowest BCUT2D eigenvalue weighted by Crippen LogP contribution is -2.48. The van der Waals surface area contributed by atoms with Crippen molar-refractivity contribution in [3.63, 3.8) is 0 Å². The van der Waals surface area contributed by atoms with Crippen LogP contribution in [0.5, 0.6) is 0 Å². The first-order chi connectivity index (χ1) is 7.61. The van der Waals surface area contributed by atoms with Crippen molar-refractivity contribution < 1.29 is 0 Å². The Kier molecular flexibility index (Phi) is 3.41. The minimum Gasteiger partial charge on any atom is -0.364 e. The molecule has 0 atom stereocenters. The smallest absolute Gasteiger partial charge is 0.0639 e. The number of rotatable bonds is 1. The molecular formula is C13H19ClN2.